The Labute approximate surface area is 176 Å². The van der Waals surface area contributed by atoms with Crippen LogP contribution in [0.2, 0.25) is 10.0 Å². The van der Waals surface area contributed by atoms with E-state index in [0.717, 1.165) is 5.56 Å². The van der Waals surface area contributed by atoms with Gasteiger partial charge in [-0.2, -0.15) is 0 Å². The van der Waals surface area contributed by atoms with Crippen LogP contribution in [0.1, 0.15) is 26.3 Å². The Morgan fingerprint density at radius 3 is 2.38 bits per heavy atom. The van der Waals surface area contributed by atoms with Gasteiger partial charge in [0.2, 0.25) is 0 Å². The number of methoxy groups -OCH3 is 1. The van der Waals surface area contributed by atoms with Gasteiger partial charge in [0.1, 0.15) is 5.56 Å². The van der Waals surface area contributed by atoms with Crippen molar-refractivity contribution in [3.63, 3.8) is 0 Å². The van der Waals surface area contributed by atoms with E-state index in [1.54, 1.807) is 42.5 Å². The maximum atomic E-state index is 12.8. The summed E-state index contributed by atoms with van der Waals surface area (Å²) in [5.41, 5.74) is 0.560. The van der Waals surface area contributed by atoms with Gasteiger partial charge in [-0.05, 0) is 35.9 Å². The molecule has 6 nitrogen and oxygen atoms in total. The first-order valence-corrected chi connectivity index (χ1v) is 9.27. The molecule has 2 aromatic carbocycles. The zero-order valence-corrected chi connectivity index (χ0v) is 16.8. The number of halogens is 2. The Kier molecular flexibility index (Phi) is 6.36. The van der Waals surface area contributed by atoms with Crippen LogP contribution in [0.3, 0.4) is 0 Å². The second kappa shape index (κ2) is 8.94. The highest BCUT2D eigenvalue weighted by Gasteiger charge is 2.18. The standard InChI is InChI=1S/C21H16Cl2N2O4/c1-29-21(28)16-4-2-3-5-18(16)24-19(26)17-10-15(23)12-25(20(17)27)11-13-6-8-14(22)9-7-13/h2-10,12H,11H2,1H3,(H,24,26). The van der Waals surface area contributed by atoms with Gasteiger partial charge in [0.05, 0.1) is 29.9 Å². The number of para-hydroxylation sites is 1. The largest absolute Gasteiger partial charge is 0.465 e. The van der Waals surface area contributed by atoms with Gasteiger partial charge in [-0.15, -0.1) is 0 Å². The van der Waals surface area contributed by atoms with E-state index < -0.39 is 17.4 Å². The number of hydrogen-bond donors (Lipinski definition) is 1. The molecular weight excluding hydrogens is 415 g/mol. The van der Waals surface area contributed by atoms with Crippen LogP contribution in [0.4, 0.5) is 5.69 Å². The molecule has 0 fully saturated rings. The van der Waals surface area contributed by atoms with Gasteiger partial charge >= 0.3 is 5.97 Å². The molecule has 0 saturated carbocycles. The highest BCUT2D eigenvalue weighted by Crippen LogP contribution is 2.18. The lowest BCUT2D eigenvalue weighted by molar-refractivity contribution is 0.0602. The van der Waals surface area contributed by atoms with E-state index in [4.69, 9.17) is 27.9 Å². The van der Waals surface area contributed by atoms with E-state index in [1.165, 1.54) is 30.0 Å². The van der Waals surface area contributed by atoms with Crippen LogP contribution in [-0.2, 0) is 11.3 Å². The van der Waals surface area contributed by atoms with E-state index in [0.29, 0.717) is 5.02 Å². The Hall–Kier alpha value is -3.09. The summed E-state index contributed by atoms with van der Waals surface area (Å²) in [4.78, 5) is 37.5. The second-order valence-electron chi connectivity index (χ2n) is 6.12. The molecular formula is C21H16Cl2N2O4. The molecule has 0 radical (unpaired) electrons. The number of anilines is 1. The maximum Gasteiger partial charge on any atom is 0.339 e. The summed E-state index contributed by atoms with van der Waals surface area (Å²) in [6.45, 7) is 0.218. The zero-order chi connectivity index (χ0) is 21.0. The number of aromatic nitrogens is 1. The van der Waals surface area contributed by atoms with E-state index in [9.17, 15) is 14.4 Å². The fourth-order valence-electron chi connectivity index (χ4n) is 2.74. The van der Waals surface area contributed by atoms with Gasteiger partial charge in [0, 0.05) is 11.2 Å². The third-order valence-corrected chi connectivity index (χ3v) is 4.60. The summed E-state index contributed by atoms with van der Waals surface area (Å²) < 4.78 is 6.05. The number of benzene rings is 2. The average Bonchev–Trinajstić information content (AvgIpc) is 2.71. The van der Waals surface area contributed by atoms with E-state index in [1.807, 2.05) is 0 Å². The summed E-state index contributed by atoms with van der Waals surface area (Å²) in [7, 11) is 1.24. The number of nitrogens with one attached hydrogen (secondary N) is 1. The summed E-state index contributed by atoms with van der Waals surface area (Å²) >= 11 is 12.0. The van der Waals surface area contributed by atoms with Gasteiger partial charge in [0.15, 0.2) is 0 Å². The minimum Gasteiger partial charge on any atom is -0.465 e. The smallest absolute Gasteiger partial charge is 0.339 e. The van der Waals surface area contributed by atoms with Crippen molar-refractivity contribution < 1.29 is 14.3 Å². The molecule has 29 heavy (non-hydrogen) atoms. The first-order valence-electron chi connectivity index (χ1n) is 8.52. The van der Waals surface area contributed by atoms with Crippen LogP contribution < -0.4 is 10.9 Å². The minimum atomic E-state index is -0.682. The Morgan fingerprint density at radius 2 is 1.69 bits per heavy atom. The van der Waals surface area contributed by atoms with Crippen molar-refractivity contribution in [3.05, 3.63) is 97.9 Å². The quantitative estimate of drug-likeness (QED) is 0.613. The van der Waals surface area contributed by atoms with Crippen LogP contribution in [0.5, 0.6) is 0 Å². The molecule has 0 aliphatic rings. The number of hydrogen-bond acceptors (Lipinski definition) is 4. The zero-order valence-electron chi connectivity index (χ0n) is 15.3. The summed E-state index contributed by atoms with van der Waals surface area (Å²) in [5.74, 6) is -1.29. The molecule has 3 rings (SSSR count). The second-order valence-corrected chi connectivity index (χ2v) is 7.00. The van der Waals surface area contributed by atoms with Crippen molar-refractivity contribution >= 4 is 40.8 Å². The van der Waals surface area contributed by atoms with Crippen molar-refractivity contribution in [1.82, 2.24) is 4.57 Å². The lowest BCUT2D eigenvalue weighted by atomic mass is 10.1. The van der Waals surface area contributed by atoms with Crippen molar-refractivity contribution in [2.45, 2.75) is 6.54 Å². The molecule has 3 aromatic rings. The lowest BCUT2D eigenvalue weighted by Gasteiger charge is -2.12. The van der Waals surface area contributed by atoms with Crippen LogP contribution in [0, 0.1) is 0 Å². The van der Waals surface area contributed by atoms with Gasteiger partial charge < -0.3 is 14.6 Å². The molecule has 0 saturated heterocycles. The third-order valence-electron chi connectivity index (χ3n) is 4.14. The van der Waals surface area contributed by atoms with Gasteiger partial charge in [-0.1, -0.05) is 47.5 Å². The van der Waals surface area contributed by atoms with Crippen LogP contribution >= 0.6 is 23.2 Å². The van der Waals surface area contributed by atoms with Crippen LogP contribution in [-0.4, -0.2) is 23.6 Å². The summed E-state index contributed by atoms with van der Waals surface area (Å²) in [6, 6.07) is 14.6. The molecule has 8 heteroatoms. The van der Waals surface area contributed by atoms with Crippen molar-refractivity contribution in [2.24, 2.45) is 0 Å². The molecule has 1 amide bonds. The number of pyridine rings is 1. The van der Waals surface area contributed by atoms with E-state index in [2.05, 4.69) is 5.32 Å². The average molecular weight is 431 g/mol. The molecule has 0 bridgehead atoms. The van der Waals surface area contributed by atoms with E-state index >= 15 is 0 Å². The Bertz CT molecular complexity index is 1120. The summed E-state index contributed by atoms with van der Waals surface area (Å²) in [5, 5.41) is 3.39. The number of esters is 1. The Balaban J connectivity index is 1.92. The van der Waals surface area contributed by atoms with Crippen LogP contribution in [0.15, 0.2) is 65.6 Å². The first kappa shape index (κ1) is 20.6. The molecule has 0 unspecified atom stereocenters. The maximum absolute atomic E-state index is 12.8. The summed E-state index contributed by atoms with van der Waals surface area (Å²) in [6.07, 6.45) is 1.46. The molecule has 0 aliphatic carbocycles. The fourth-order valence-corrected chi connectivity index (χ4v) is 3.09. The molecule has 0 aliphatic heterocycles. The molecule has 1 aromatic heterocycles. The number of amides is 1. The highest BCUT2D eigenvalue weighted by atomic mass is 35.5. The SMILES string of the molecule is COC(=O)c1ccccc1NC(=O)c1cc(Cl)cn(Cc2ccc(Cl)cc2)c1=O. The van der Waals surface area contributed by atoms with Gasteiger partial charge in [-0.3, -0.25) is 9.59 Å². The Morgan fingerprint density at radius 1 is 1.00 bits per heavy atom. The van der Waals surface area contributed by atoms with Crippen molar-refractivity contribution in [2.75, 3.05) is 12.4 Å². The van der Waals surface area contributed by atoms with Crippen molar-refractivity contribution in [1.29, 1.82) is 0 Å². The molecule has 0 spiro atoms. The molecule has 0 atom stereocenters. The number of ether oxygens (including phenoxy) is 1. The normalized spacial score (nSPS) is 10.4. The highest BCUT2D eigenvalue weighted by molar-refractivity contribution is 6.31. The van der Waals surface area contributed by atoms with Crippen LogP contribution in [0.25, 0.3) is 0 Å². The first-order chi connectivity index (χ1) is 13.9. The topological polar surface area (TPSA) is 77.4 Å². The number of carbonyl (C=O) groups excluding carboxylic acids is 2. The number of nitrogens with zero attached hydrogens (tertiary/aromatic N) is 1. The van der Waals surface area contributed by atoms with Gasteiger partial charge in [0.25, 0.3) is 11.5 Å². The molecule has 148 valence electrons. The number of carbonyl (C=O) groups is 2. The predicted octanol–water partition coefficient (Wildman–Crippen LogP) is 4.24. The predicted molar refractivity (Wildman–Crippen MR) is 112 cm³/mol. The van der Waals surface area contributed by atoms with Gasteiger partial charge in [-0.25, -0.2) is 4.79 Å². The molecule has 1 N–H and O–H groups in total. The third kappa shape index (κ3) is 4.85. The monoisotopic (exact) mass is 430 g/mol. The molecule has 1 heterocycles. The minimum absolute atomic E-state index is 0.147. The van der Waals surface area contributed by atoms with Crippen molar-refractivity contribution in [3.8, 4) is 0 Å². The fraction of sp³-hybridized carbons (Fsp3) is 0.0952. The lowest BCUT2D eigenvalue weighted by Crippen LogP contribution is -2.29. The van der Waals surface area contributed by atoms with E-state index in [-0.39, 0.29) is 28.4 Å². The number of rotatable bonds is 5.